The topological polar surface area (TPSA) is 62.8 Å². The van der Waals surface area contributed by atoms with Crippen LogP contribution >= 0.6 is 0 Å². The number of imidazole rings is 1. The van der Waals surface area contributed by atoms with Crippen molar-refractivity contribution in [2.45, 2.75) is 19.8 Å². The Morgan fingerprint density at radius 3 is 2.86 bits per heavy atom. The number of carbonyl (C=O) groups excluding carboxylic acids is 2. The number of hydrogen-bond donors (Lipinski definition) is 1. The van der Waals surface area contributed by atoms with Crippen LogP contribution in [-0.2, 0) is 9.59 Å². The zero-order valence-electron chi connectivity index (χ0n) is 7.99. The second-order valence-corrected chi connectivity index (χ2v) is 2.98. The SMILES string of the molecule is CC(=O)CCC(=O)/C=C/c1ncc[nH]1. The zero-order chi connectivity index (χ0) is 10.4. The van der Waals surface area contributed by atoms with Crippen LogP contribution in [0.25, 0.3) is 6.08 Å². The molecule has 1 heterocycles. The number of nitrogens with zero attached hydrogens (tertiary/aromatic N) is 1. The zero-order valence-corrected chi connectivity index (χ0v) is 7.99. The number of ketones is 2. The molecule has 0 aliphatic carbocycles. The second-order valence-electron chi connectivity index (χ2n) is 2.98. The first-order valence-corrected chi connectivity index (χ1v) is 4.38. The van der Waals surface area contributed by atoms with Crippen LogP contribution in [0.5, 0.6) is 0 Å². The smallest absolute Gasteiger partial charge is 0.156 e. The van der Waals surface area contributed by atoms with Crippen molar-refractivity contribution in [2.24, 2.45) is 0 Å². The maximum absolute atomic E-state index is 11.2. The average molecular weight is 192 g/mol. The predicted octanol–water partition coefficient (Wildman–Crippen LogP) is 1.36. The van der Waals surface area contributed by atoms with E-state index in [1.165, 1.54) is 13.0 Å². The minimum atomic E-state index is -0.0587. The summed E-state index contributed by atoms with van der Waals surface area (Å²) in [5.74, 6) is 0.613. The van der Waals surface area contributed by atoms with E-state index < -0.39 is 0 Å². The van der Waals surface area contributed by atoms with Crippen molar-refractivity contribution in [3.05, 3.63) is 24.3 Å². The average Bonchev–Trinajstić information content (AvgIpc) is 2.63. The summed E-state index contributed by atoms with van der Waals surface area (Å²) in [5, 5.41) is 0. The number of aromatic amines is 1. The van der Waals surface area contributed by atoms with Gasteiger partial charge in [0.25, 0.3) is 0 Å². The number of H-pyrrole nitrogens is 1. The highest BCUT2D eigenvalue weighted by Crippen LogP contribution is 1.97. The summed E-state index contributed by atoms with van der Waals surface area (Å²) in [5.41, 5.74) is 0. The molecule has 14 heavy (non-hydrogen) atoms. The van der Waals surface area contributed by atoms with Crippen molar-refractivity contribution in [3.63, 3.8) is 0 Å². The number of carbonyl (C=O) groups is 2. The van der Waals surface area contributed by atoms with Gasteiger partial charge in [0.05, 0.1) is 0 Å². The monoisotopic (exact) mass is 192 g/mol. The third kappa shape index (κ3) is 3.80. The van der Waals surface area contributed by atoms with Crippen LogP contribution in [0.3, 0.4) is 0 Å². The molecule has 1 rings (SSSR count). The van der Waals surface area contributed by atoms with Crippen LogP contribution in [0.1, 0.15) is 25.6 Å². The molecule has 0 aliphatic heterocycles. The molecule has 4 heteroatoms. The van der Waals surface area contributed by atoms with Crippen LogP contribution in [-0.4, -0.2) is 21.5 Å². The third-order valence-electron chi connectivity index (χ3n) is 1.67. The molecule has 0 amide bonds. The fraction of sp³-hybridized carbons (Fsp3) is 0.300. The summed E-state index contributed by atoms with van der Waals surface area (Å²) >= 11 is 0. The minimum Gasteiger partial charge on any atom is -0.345 e. The van der Waals surface area contributed by atoms with E-state index in [1.807, 2.05) is 0 Å². The van der Waals surface area contributed by atoms with Gasteiger partial charge in [-0.1, -0.05) is 0 Å². The van der Waals surface area contributed by atoms with Crippen LogP contribution in [0.15, 0.2) is 18.5 Å². The predicted molar refractivity (Wildman–Crippen MR) is 52.5 cm³/mol. The van der Waals surface area contributed by atoms with E-state index in [1.54, 1.807) is 18.5 Å². The molecular weight excluding hydrogens is 180 g/mol. The van der Waals surface area contributed by atoms with Crippen molar-refractivity contribution in [2.75, 3.05) is 0 Å². The van der Waals surface area contributed by atoms with Gasteiger partial charge in [0.2, 0.25) is 0 Å². The quantitative estimate of drug-likeness (QED) is 0.716. The summed E-state index contributed by atoms with van der Waals surface area (Å²) in [4.78, 5) is 28.5. The number of hydrogen-bond acceptors (Lipinski definition) is 3. The molecule has 0 bridgehead atoms. The maximum atomic E-state index is 11.2. The van der Waals surface area contributed by atoms with Gasteiger partial charge in [-0.15, -0.1) is 0 Å². The molecule has 1 aromatic heterocycles. The molecule has 0 saturated carbocycles. The maximum Gasteiger partial charge on any atom is 0.156 e. The molecule has 0 fully saturated rings. The standard InChI is InChI=1S/C10H12N2O2/c1-8(13)2-3-9(14)4-5-10-11-6-7-12-10/h4-7H,2-3H2,1H3,(H,11,12)/b5-4+. The molecule has 0 atom stereocenters. The summed E-state index contributed by atoms with van der Waals surface area (Å²) in [7, 11) is 0. The van der Waals surface area contributed by atoms with E-state index in [4.69, 9.17) is 0 Å². The molecule has 1 aromatic rings. The van der Waals surface area contributed by atoms with Crippen LogP contribution < -0.4 is 0 Å². The van der Waals surface area contributed by atoms with E-state index in [2.05, 4.69) is 9.97 Å². The molecule has 0 aliphatic rings. The molecule has 0 saturated heterocycles. The Morgan fingerprint density at radius 1 is 1.50 bits per heavy atom. The lowest BCUT2D eigenvalue weighted by Crippen LogP contribution is -1.97. The molecule has 74 valence electrons. The van der Waals surface area contributed by atoms with Gasteiger partial charge in [-0.05, 0) is 19.1 Å². The molecule has 4 nitrogen and oxygen atoms in total. The highest BCUT2D eigenvalue weighted by atomic mass is 16.1. The largest absolute Gasteiger partial charge is 0.345 e. The lowest BCUT2D eigenvalue weighted by atomic mass is 10.1. The molecule has 0 spiro atoms. The Balaban J connectivity index is 2.37. The summed E-state index contributed by atoms with van der Waals surface area (Å²) in [6.45, 7) is 1.48. The lowest BCUT2D eigenvalue weighted by molar-refractivity contribution is -0.120. The molecule has 0 unspecified atom stereocenters. The van der Waals surface area contributed by atoms with E-state index in [0.29, 0.717) is 12.2 Å². The van der Waals surface area contributed by atoms with Crippen molar-refractivity contribution in [1.29, 1.82) is 0 Å². The first-order chi connectivity index (χ1) is 6.68. The Morgan fingerprint density at radius 2 is 2.29 bits per heavy atom. The van der Waals surface area contributed by atoms with Gasteiger partial charge in [-0.25, -0.2) is 4.98 Å². The van der Waals surface area contributed by atoms with Gasteiger partial charge >= 0.3 is 0 Å². The summed E-state index contributed by atoms with van der Waals surface area (Å²) < 4.78 is 0. The van der Waals surface area contributed by atoms with Gasteiger partial charge in [0.15, 0.2) is 5.78 Å². The number of Topliss-reactive ketones (excluding diaryl/α,β-unsaturated/α-hetero) is 1. The van der Waals surface area contributed by atoms with Crippen molar-refractivity contribution < 1.29 is 9.59 Å². The highest BCUT2D eigenvalue weighted by molar-refractivity contribution is 5.95. The Labute approximate surface area is 82.0 Å². The van der Waals surface area contributed by atoms with E-state index in [9.17, 15) is 9.59 Å². The first kappa shape index (κ1) is 10.4. The number of nitrogens with one attached hydrogen (secondary N) is 1. The van der Waals surface area contributed by atoms with Gasteiger partial charge in [0.1, 0.15) is 11.6 Å². The molecule has 0 aromatic carbocycles. The fourth-order valence-corrected chi connectivity index (χ4v) is 0.923. The first-order valence-electron chi connectivity index (χ1n) is 4.38. The Kier molecular flexibility index (Phi) is 3.79. The van der Waals surface area contributed by atoms with Crippen molar-refractivity contribution in [3.8, 4) is 0 Å². The Hall–Kier alpha value is -1.71. The van der Waals surface area contributed by atoms with E-state index in [0.717, 1.165) is 0 Å². The lowest BCUT2D eigenvalue weighted by Gasteiger charge is -1.90. The summed E-state index contributed by atoms with van der Waals surface area (Å²) in [6, 6.07) is 0. The summed E-state index contributed by atoms with van der Waals surface area (Å²) in [6.07, 6.45) is 6.90. The van der Waals surface area contributed by atoms with Crippen molar-refractivity contribution >= 4 is 17.6 Å². The third-order valence-corrected chi connectivity index (χ3v) is 1.67. The van der Waals surface area contributed by atoms with Gasteiger partial charge in [-0.3, -0.25) is 4.79 Å². The van der Waals surface area contributed by atoms with Gasteiger partial charge in [0, 0.05) is 25.2 Å². The molecular formula is C10H12N2O2. The minimum absolute atomic E-state index is 0.0322. The number of aromatic nitrogens is 2. The normalized spacial score (nSPS) is 10.6. The molecule has 1 N–H and O–H groups in total. The van der Waals surface area contributed by atoms with E-state index in [-0.39, 0.29) is 18.0 Å². The highest BCUT2D eigenvalue weighted by Gasteiger charge is 1.99. The number of allylic oxidation sites excluding steroid dienone is 1. The van der Waals surface area contributed by atoms with Crippen LogP contribution in [0.2, 0.25) is 0 Å². The van der Waals surface area contributed by atoms with Crippen molar-refractivity contribution in [1.82, 2.24) is 9.97 Å². The van der Waals surface area contributed by atoms with Gasteiger partial charge < -0.3 is 9.78 Å². The van der Waals surface area contributed by atoms with E-state index >= 15 is 0 Å². The number of rotatable bonds is 5. The van der Waals surface area contributed by atoms with Crippen LogP contribution in [0.4, 0.5) is 0 Å². The van der Waals surface area contributed by atoms with Crippen LogP contribution in [0, 0.1) is 0 Å². The van der Waals surface area contributed by atoms with Gasteiger partial charge in [-0.2, -0.15) is 0 Å². The Bertz CT molecular complexity index is 339. The second kappa shape index (κ2) is 5.11. The fourth-order valence-electron chi connectivity index (χ4n) is 0.923. The molecule has 0 radical (unpaired) electrons.